The Morgan fingerprint density at radius 1 is 1.43 bits per heavy atom. The maximum atomic E-state index is 13.1. The summed E-state index contributed by atoms with van der Waals surface area (Å²) in [6, 6.07) is 4.53. The Labute approximate surface area is 156 Å². The number of nitrogens with zero attached hydrogens (tertiary/aromatic N) is 4. The van der Waals surface area contributed by atoms with Crippen molar-refractivity contribution in [2.24, 2.45) is 5.92 Å². The van der Waals surface area contributed by atoms with Crippen molar-refractivity contribution in [3.63, 3.8) is 0 Å². The molecule has 0 aliphatic heterocycles. The zero-order valence-corrected chi connectivity index (χ0v) is 14.6. The number of fused-ring (bicyclic) bond motifs is 1. The number of aryl methyl sites for hydroxylation is 1. The number of halogens is 3. The highest BCUT2D eigenvalue weighted by atomic mass is 19.4. The highest BCUT2D eigenvalue weighted by Crippen LogP contribution is 2.40. The van der Waals surface area contributed by atoms with Gasteiger partial charge in [-0.3, -0.25) is 4.79 Å². The lowest BCUT2D eigenvalue weighted by Gasteiger charge is -2.20. The van der Waals surface area contributed by atoms with E-state index < -0.39 is 24.0 Å². The molecule has 1 saturated carbocycles. The molecule has 4 rings (SSSR count). The number of nitriles is 1. The highest BCUT2D eigenvalue weighted by molar-refractivity contribution is 5.93. The third-order valence-corrected chi connectivity index (χ3v) is 4.59. The number of carbonyl (C=O) groups is 1. The summed E-state index contributed by atoms with van der Waals surface area (Å²) >= 11 is 0. The van der Waals surface area contributed by atoms with E-state index in [-0.39, 0.29) is 17.1 Å². The molecule has 7 nitrogen and oxygen atoms in total. The maximum absolute atomic E-state index is 13.1. The van der Waals surface area contributed by atoms with Gasteiger partial charge < -0.3 is 9.73 Å². The van der Waals surface area contributed by atoms with E-state index in [0.717, 1.165) is 0 Å². The number of amides is 1. The molecule has 0 aromatic carbocycles. The van der Waals surface area contributed by atoms with Crippen LogP contribution in [0.1, 0.15) is 34.6 Å². The number of aromatic nitrogens is 3. The standard InChI is InChI=1S/C18H14F3N5O2/c1-9-6-12(15-11(8-22)4-5-28-15)23-14-7-13(25-26(9)14)17(27)24-16(10-2-3-10)18(19,20)21/h4-7,10,16H,2-3H2,1H3,(H,24,27). The Bertz CT molecular complexity index is 1100. The molecule has 3 aromatic rings. The van der Waals surface area contributed by atoms with Crippen LogP contribution in [-0.2, 0) is 0 Å². The zero-order valence-electron chi connectivity index (χ0n) is 14.6. The third-order valence-electron chi connectivity index (χ3n) is 4.59. The molecule has 1 N–H and O–H groups in total. The SMILES string of the molecule is Cc1cc(-c2occc2C#N)nc2cc(C(=O)NC(C3CC3)C(F)(F)F)nn12. The summed E-state index contributed by atoms with van der Waals surface area (Å²) in [5, 5.41) is 15.2. The molecule has 1 atom stereocenters. The first kappa shape index (κ1) is 18.0. The number of carbonyl (C=O) groups excluding carboxylic acids is 1. The summed E-state index contributed by atoms with van der Waals surface area (Å²) in [6.07, 6.45) is -2.28. The number of alkyl halides is 3. The fraction of sp³-hybridized carbons (Fsp3) is 0.333. The molecule has 0 bridgehead atoms. The largest absolute Gasteiger partial charge is 0.461 e. The Hall–Kier alpha value is -3.35. The van der Waals surface area contributed by atoms with E-state index in [1.165, 1.54) is 22.9 Å². The van der Waals surface area contributed by atoms with Crippen molar-refractivity contribution in [2.75, 3.05) is 0 Å². The van der Waals surface area contributed by atoms with E-state index in [2.05, 4.69) is 10.1 Å². The van der Waals surface area contributed by atoms with Gasteiger partial charge in [-0.2, -0.15) is 23.5 Å². The van der Waals surface area contributed by atoms with Gasteiger partial charge in [-0.15, -0.1) is 0 Å². The first-order valence-electron chi connectivity index (χ1n) is 8.51. The van der Waals surface area contributed by atoms with Crippen molar-refractivity contribution in [1.82, 2.24) is 19.9 Å². The summed E-state index contributed by atoms with van der Waals surface area (Å²) in [4.78, 5) is 16.7. The second-order valence-electron chi connectivity index (χ2n) is 6.69. The quantitative estimate of drug-likeness (QED) is 0.739. The van der Waals surface area contributed by atoms with Crippen molar-refractivity contribution < 1.29 is 22.4 Å². The Balaban J connectivity index is 1.67. The van der Waals surface area contributed by atoms with Gasteiger partial charge in [0.05, 0.1) is 11.8 Å². The molecule has 1 aliphatic carbocycles. The van der Waals surface area contributed by atoms with Crippen LogP contribution >= 0.6 is 0 Å². The minimum Gasteiger partial charge on any atom is -0.461 e. The van der Waals surface area contributed by atoms with Crippen LogP contribution < -0.4 is 5.32 Å². The lowest BCUT2D eigenvalue weighted by atomic mass is 10.1. The molecular weight excluding hydrogens is 375 g/mol. The van der Waals surface area contributed by atoms with Crippen molar-refractivity contribution in [1.29, 1.82) is 5.26 Å². The number of rotatable bonds is 4. The van der Waals surface area contributed by atoms with Crippen molar-refractivity contribution in [2.45, 2.75) is 32.0 Å². The van der Waals surface area contributed by atoms with E-state index in [1.807, 2.05) is 11.4 Å². The lowest BCUT2D eigenvalue weighted by molar-refractivity contribution is -0.158. The smallest absolute Gasteiger partial charge is 0.408 e. The number of hydrogen-bond donors (Lipinski definition) is 1. The second kappa shape index (κ2) is 6.37. The van der Waals surface area contributed by atoms with Gasteiger partial charge in [-0.25, -0.2) is 9.50 Å². The normalized spacial score (nSPS) is 15.4. The van der Waals surface area contributed by atoms with Crippen LogP contribution in [0.2, 0.25) is 0 Å². The van der Waals surface area contributed by atoms with Crippen LogP contribution in [0.3, 0.4) is 0 Å². The van der Waals surface area contributed by atoms with E-state index in [9.17, 15) is 18.0 Å². The molecule has 0 spiro atoms. The Morgan fingerprint density at radius 3 is 2.82 bits per heavy atom. The van der Waals surface area contributed by atoms with Gasteiger partial charge in [-0.1, -0.05) is 0 Å². The molecule has 0 saturated heterocycles. The van der Waals surface area contributed by atoms with Gasteiger partial charge in [0.1, 0.15) is 17.8 Å². The maximum Gasteiger partial charge on any atom is 0.408 e. The van der Waals surface area contributed by atoms with Gasteiger partial charge in [0.25, 0.3) is 5.91 Å². The molecule has 28 heavy (non-hydrogen) atoms. The molecule has 1 unspecified atom stereocenters. The van der Waals surface area contributed by atoms with Gasteiger partial charge in [0, 0.05) is 11.8 Å². The van der Waals surface area contributed by atoms with Gasteiger partial charge >= 0.3 is 6.18 Å². The predicted molar refractivity (Wildman–Crippen MR) is 90.2 cm³/mol. The number of furan rings is 1. The monoisotopic (exact) mass is 389 g/mol. The predicted octanol–water partition coefficient (Wildman–Crippen LogP) is 3.24. The summed E-state index contributed by atoms with van der Waals surface area (Å²) < 4.78 is 46.1. The van der Waals surface area contributed by atoms with Crippen LogP contribution in [-0.4, -0.2) is 32.7 Å². The van der Waals surface area contributed by atoms with E-state index in [0.29, 0.717) is 29.8 Å². The summed E-state index contributed by atoms with van der Waals surface area (Å²) in [7, 11) is 0. The van der Waals surface area contributed by atoms with E-state index in [1.54, 1.807) is 13.0 Å². The van der Waals surface area contributed by atoms with E-state index in [4.69, 9.17) is 9.68 Å². The first-order chi connectivity index (χ1) is 13.3. The molecule has 1 fully saturated rings. The van der Waals surface area contributed by atoms with Crippen LogP contribution in [0.5, 0.6) is 0 Å². The van der Waals surface area contributed by atoms with Gasteiger partial charge in [0.15, 0.2) is 17.1 Å². The fourth-order valence-corrected chi connectivity index (χ4v) is 3.06. The molecular formula is C18H14F3N5O2. The van der Waals surface area contributed by atoms with Gasteiger partial charge in [0.2, 0.25) is 0 Å². The second-order valence-corrected chi connectivity index (χ2v) is 6.69. The minimum absolute atomic E-state index is 0.164. The van der Waals surface area contributed by atoms with Crippen molar-refractivity contribution in [3.8, 4) is 17.5 Å². The summed E-state index contributed by atoms with van der Waals surface area (Å²) in [5.74, 6) is -1.22. The number of hydrogen-bond acceptors (Lipinski definition) is 5. The molecule has 1 amide bonds. The molecule has 3 aromatic heterocycles. The molecule has 3 heterocycles. The third kappa shape index (κ3) is 3.19. The highest BCUT2D eigenvalue weighted by Gasteiger charge is 2.49. The Kier molecular flexibility index (Phi) is 4.10. The fourth-order valence-electron chi connectivity index (χ4n) is 3.06. The molecule has 144 valence electrons. The van der Waals surface area contributed by atoms with Crippen LogP contribution in [0.25, 0.3) is 17.1 Å². The van der Waals surface area contributed by atoms with Crippen LogP contribution in [0.4, 0.5) is 13.2 Å². The average Bonchev–Trinajstić information content (AvgIpc) is 3.18. The topological polar surface area (TPSA) is 96.2 Å². The minimum atomic E-state index is -4.51. The lowest BCUT2D eigenvalue weighted by Crippen LogP contribution is -2.47. The zero-order chi connectivity index (χ0) is 20.1. The van der Waals surface area contributed by atoms with Crippen molar-refractivity contribution in [3.05, 3.63) is 41.4 Å². The molecule has 0 radical (unpaired) electrons. The van der Waals surface area contributed by atoms with Crippen molar-refractivity contribution >= 4 is 11.6 Å². The summed E-state index contributed by atoms with van der Waals surface area (Å²) in [5.41, 5.74) is 1.34. The number of nitrogens with one attached hydrogen (secondary N) is 1. The summed E-state index contributed by atoms with van der Waals surface area (Å²) in [6.45, 7) is 1.70. The van der Waals surface area contributed by atoms with Gasteiger partial charge in [-0.05, 0) is 37.8 Å². The molecule has 1 aliphatic rings. The van der Waals surface area contributed by atoms with E-state index >= 15 is 0 Å². The first-order valence-corrected chi connectivity index (χ1v) is 8.51. The molecule has 10 heteroatoms. The van der Waals surface area contributed by atoms with Crippen LogP contribution in [0, 0.1) is 24.2 Å². The Morgan fingerprint density at radius 2 is 2.18 bits per heavy atom. The average molecular weight is 389 g/mol. The van der Waals surface area contributed by atoms with Crippen LogP contribution in [0.15, 0.2) is 28.9 Å².